The Kier molecular flexibility index (Phi) is 6.55. The van der Waals surface area contributed by atoms with Gasteiger partial charge in [0, 0.05) is 30.3 Å². The number of benzene rings is 1. The van der Waals surface area contributed by atoms with Gasteiger partial charge in [-0.25, -0.2) is 0 Å². The van der Waals surface area contributed by atoms with Crippen LogP contribution in [-0.2, 0) is 19.1 Å². The summed E-state index contributed by atoms with van der Waals surface area (Å²) in [6.07, 6.45) is 4.23. The van der Waals surface area contributed by atoms with Crippen LogP contribution in [-0.4, -0.2) is 61.6 Å². The van der Waals surface area contributed by atoms with Gasteiger partial charge in [-0.15, -0.1) is 0 Å². The Hall–Kier alpha value is -2.16. The fraction of sp³-hybridized carbons (Fsp3) is 0.636. The van der Waals surface area contributed by atoms with Crippen LogP contribution in [0.1, 0.15) is 50.0 Å². The molecule has 3 N–H and O–H groups in total. The Labute approximate surface area is 176 Å². The van der Waals surface area contributed by atoms with Gasteiger partial charge >= 0.3 is 0 Å². The molecule has 4 atom stereocenters. The van der Waals surface area contributed by atoms with E-state index in [-0.39, 0.29) is 55.6 Å². The number of anilines is 1. The number of carbonyl (C=O) groups excluding carboxylic acids is 2. The molecule has 0 aromatic heterocycles. The van der Waals surface area contributed by atoms with Gasteiger partial charge in [0.25, 0.3) is 0 Å². The molecule has 4 rings (SSSR count). The van der Waals surface area contributed by atoms with Gasteiger partial charge in [0.1, 0.15) is 24.6 Å². The van der Waals surface area contributed by atoms with Crippen molar-refractivity contribution in [3.05, 3.63) is 23.8 Å². The number of hydrogen-bond donors (Lipinski definition) is 3. The monoisotopic (exact) mass is 418 g/mol. The second-order valence-electron chi connectivity index (χ2n) is 8.39. The highest BCUT2D eigenvalue weighted by molar-refractivity contribution is 5.91. The number of fused-ring (bicyclic) bond motifs is 3. The standard InChI is InChI=1S/C22H30N2O6/c1-28-12-21(27)24-14-6-7-18-16(8-14)17-9-15(29-19(11-25)22(17)30-18)10-20(26)23-13-4-2-3-5-13/h6-8,13,15,17,19,22,25H,2-5,9-12H2,1H3,(H,23,26)(H,24,27)/t15-,17-,19-,22+/m0/s1. The molecule has 30 heavy (non-hydrogen) atoms. The number of aliphatic hydroxyl groups is 1. The number of ether oxygens (including phenoxy) is 3. The predicted octanol–water partition coefficient (Wildman–Crippen LogP) is 1.71. The van der Waals surface area contributed by atoms with Gasteiger partial charge in [0.15, 0.2) is 0 Å². The molecule has 164 valence electrons. The molecule has 2 aliphatic heterocycles. The highest BCUT2D eigenvalue weighted by Crippen LogP contribution is 2.47. The second-order valence-corrected chi connectivity index (χ2v) is 8.39. The molecule has 0 bridgehead atoms. The van der Waals surface area contributed by atoms with Crippen molar-refractivity contribution in [1.82, 2.24) is 5.32 Å². The summed E-state index contributed by atoms with van der Waals surface area (Å²) in [7, 11) is 1.47. The molecular weight excluding hydrogens is 388 g/mol. The molecule has 1 aromatic rings. The maximum Gasteiger partial charge on any atom is 0.250 e. The number of carbonyl (C=O) groups is 2. The number of nitrogens with one attached hydrogen (secondary N) is 2. The van der Waals surface area contributed by atoms with Crippen LogP contribution in [0, 0.1) is 0 Å². The Morgan fingerprint density at radius 1 is 1.23 bits per heavy atom. The van der Waals surface area contributed by atoms with Gasteiger partial charge in [0.05, 0.1) is 19.1 Å². The van der Waals surface area contributed by atoms with Gasteiger partial charge < -0.3 is 30.0 Å². The van der Waals surface area contributed by atoms with E-state index in [0.717, 1.165) is 24.2 Å². The van der Waals surface area contributed by atoms with E-state index in [4.69, 9.17) is 14.2 Å². The first kappa shape index (κ1) is 21.1. The summed E-state index contributed by atoms with van der Waals surface area (Å²) >= 11 is 0. The SMILES string of the molecule is COCC(=O)Nc1ccc2c(c1)[C@@H]1C[C@@H](CC(=O)NC3CCCC3)O[C@@H](CO)[C@@H]1O2. The average Bonchev–Trinajstić information content (AvgIpc) is 3.35. The van der Waals surface area contributed by atoms with Crippen LogP contribution < -0.4 is 15.4 Å². The number of methoxy groups -OCH3 is 1. The molecular formula is C22H30N2O6. The number of hydrogen-bond acceptors (Lipinski definition) is 6. The van der Waals surface area contributed by atoms with E-state index in [1.807, 2.05) is 12.1 Å². The van der Waals surface area contributed by atoms with Crippen LogP contribution in [0.4, 0.5) is 5.69 Å². The van der Waals surface area contributed by atoms with Gasteiger partial charge in [0.2, 0.25) is 11.8 Å². The van der Waals surface area contributed by atoms with Crippen LogP contribution in [0.2, 0.25) is 0 Å². The maximum absolute atomic E-state index is 12.5. The summed E-state index contributed by atoms with van der Waals surface area (Å²) < 4.78 is 16.9. The van der Waals surface area contributed by atoms with Crippen molar-refractivity contribution < 1.29 is 28.9 Å². The molecule has 0 unspecified atom stereocenters. The lowest BCUT2D eigenvalue weighted by atomic mass is 9.84. The quantitative estimate of drug-likeness (QED) is 0.623. The Balaban J connectivity index is 1.45. The van der Waals surface area contributed by atoms with Crippen molar-refractivity contribution in [1.29, 1.82) is 0 Å². The van der Waals surface area contributed by atoms with E-state index in [1.54, 1.807) is 6.07 Å². The molecule has 2 amide bonds. The highest BCUT2D eigenvalue weighted by Gasteiger charge is 2.46. The molecule has 8 heteroatoms. The van der Waals surface area contributed by atoms with E-state index in [2.05, 4.69) is 10.6 Å². The zero-order valence-electron chi connectivity index (χ0n) is 17.3. The van der Waals surface area contributed by atoms with Crippen molar-refractivity contribution in [2.75, 3.05) is 25.6 Å². The summed E-state index contributed by atoms with van der Waals surface area (Å²) in [6.45, 7) is -0.189. The molecule has 1 saturated carbocycles. The first-order chi connectivity index (χ1) is 14.6. The van der Waals surface area contributed by atoms with E-state index >= 15 is 0 Å². The molecule has 8 nitrogen and oxygen atoms in total. The minimum Gasteiger partial charge on any atom is -0.487 e. The fourth-order valence-corrected chi connectivity index (χ4v) is 4.86. The maximum atomic E-state index is 12.5. The predicted molar refractivity (Wildman–Crippen MR) is 109 cm³/mol. The molecule has 0 radical (unpaired) electrons. The van der Waals surface area contributed by atoms with Gasteiger partial charge in [-0.1, -0.05) is 12.8 Å². The Morgan fingerprint density at radius 3 is 2.77 bits per heavy atom. The number of rotatable bonds is 7. The third kappa shape index (κ3) is 4.61. The van der Waals surface area contributed by atoms with Gasteiger partial charge in [-0.2, -0.15) is 0 Å². The lowest BCUT2D eigenvalue weighted by Crippen LogP contribution is -2.47. The van der Waals surface area contributed by atoms with Crippen molar-refractivity contribution in [2.45, 2.75) is 68.8 Å². The van der Waals surface area contributed by atoms with Gasteiger partial charge in [-0.05, 0) is 37.5 Å². The third-order valence-corrected chi connectivity index (χ3v) is 6.19. The lowest BCUT2D eigenvalue weighted by molar-refractivity contribution is -0.142. The molecule has 0 spiro atoms. The zero-order valence-corrected chi connectivity index (χ0v) is 17.3. The lowest BCUT2D eigenvalue weighted by Gasteiger charge is -2.37. The van der Waals surface area contributed by atoms with Crippen molar-refractivity contribution in [2.24, 2.45) is 0 Å². The van der Waals surface area contributed by atoms with Crippen LogP contribution in [0.3, 0.4) is 0 Å². The summed E-state index contributed by atoms with van der Waals surface area (Å²) in [5, 5.41) is 15.8. The van der Waals surface area contributed by atoms with Crippen LogP contribution in [0.25, 0.3) is 0 Å². The largest absolute Gasteiger partial charge is 0.487 e. The molecule has 2 heterocycles. The molecule has 1 aromatic carbocycles. The van der Waals surface area contributed by atoms with Crippen molar-refractivity contribution in [3.63, 3.8) is 0 Å². The van der Waals surface area contributed by atoms with Crippen molar-refractivity contribution in [3.8, 4) is 5.75 Å². The first-order valence-electron chi connectivity index (χ1n) is 10.7. The topological polar surface area (TPSA) is 106 Å². The molecule has 1 aliphatic carbocycles. The normalized spacial score (nSPS) is 27.8. The highest BCUT2D eigenvalue weighted by atomic mass is 16.6. The average molecular weight is 418 g/mol. The molecule has 3 aliphatic rings. The summed E-state index contributed by atoms with van der Waals surface area (Å²) in [6, 6.07) is 5.79. The van der Waals surface area contributed by atoms with Crippen molar-refractivity contribution >= 4 is 17.5 Å². The van der Waals surface area contributed by atoms with E-state index < -0.39 is 6.10 Å². The van der Waals surface area contributed by atoms with Crippen LogP contribution in [0.5, 0.6) is 5.75 Å². The third-order valence-electron chi connectivity index (χ3n) is 6.19. The van der Waals surface area contributed by atoms with E-state index in [0.29, 0.717) is 12.1 Å². The van der Waals surface area contributed by atoms with Crippen LogP contribution in [0.15, 0.2) is 18.2 Å². The Morgan fingerprint density at radius 2 is 2.03 bits per heavy atom. The molecule has 1 saturated heterocycles. The second kappa shape index (κ2) is 9.32. The Bertz CT molecular complexity index is 779. The number of aliphatic hydroxyl groups excluding tert-OH is 1. The zero-order chi connectivity index (χ0) is 21.1. The smallest absolute Gasteiger partial charge is 0.250 e. The van der Waals surface area contributed by atoms with E-state index in [1.165, 1.54) is 20.0 Å². The summed E-state index contributed by atoms with van der Waals surface area (Å²) in [5.41, 5.74) is 1.64. The van der Waals surface area contributed by atoms with Crippen LogP contribution >= 0.6 is 0 Å². The fourth-order valence-electron chi connectivity index (χ4n) is 4.86. The minimum atomic E-state index is -0.494. The first-order valence-corrected chi connectivity index (χ1v) is 10.7. The van der Waals surface area contributed by atoms with E-state index in [9.17, 15) is 14.7 Å². The van der Waals surface area contributed by atoms with Gasteiger partial charge in [-0.3, -0.25) is 9.59 Å². The molecule has 2 fully saturated rings. The number of amides is 2. The minimum absolute atomic E-state index is 0.00163. The summed E-state index contributed by atoms with van der Waals surface area (Å²) in [4.78, 5) is 24.3. The summed E-state index contributed by atoms with van der Waals surface area (Å²) in [5.74, 6) is 0.499.